The largest absolute Gasteiger partial charge is 0.122 e. The summed E-state index contributed by atoms with van der Waals surface area (Å²) < 4.78 is 0. The summed E-state index contributed by atoms with van der Waals surface area (Å²) in [6.45, 7) is 0. The molecule has 0 nitrogen and oxygen atoms in total. The van der Waals surface area contributed by atoms with Crippen molar-refractivity contribution in [1.29, 1.82) is 0 Å². The summed E-state index contributed by atoms with van der Waals surface area (Å²) in [5.74, 6) is 0. The highest BCUT2D eigenvalue weighted by atomic mass is 79.9. The smallest absolute Gasteiger partial charge is 0.0141 e. The Kier molecular flexibility index (Phi) is 3.54. The molecule has 92 valence electrons. The number of thioether (sulfide) groups is 1. The summed E-state index contributed by atoms with van der Waals surface area (Å²) >= 11 is 5.88. The van der Waals surface area contributed by atoms with Gasteiger partial charge in [-0.1, -0.05) is 47.0 Å². The van der Waals surface area contributed by atoms with Crippen molar-refractivity contribution >= 4 is 27.7 Å². The van der Waals surface area contributed by atoms with Crippen LogP contribution < -0.4 is 0 Å². The number of halogens is 1. The molecule has 1 heterocycles. The Balaban J connectivity index is 1.69. The molecular formula is C15H19BrS. The van der Waals surface area contributed by atoms with Gasteiger partial charge in [-0.2, -0.15) is 0 Å². The second-order valence-electron chi connectivity index (χ2n) is 5.60. The third-order valence-electron chi connectivity index (χ3n) is 4.32. The molecule has 1 unspecified atom stereocenters. The molecule has 0 radical (unpaired) electrons. The highest BCUT2D eigenvalue weighted by molar-refractivity contribution is 9.09. The molecular weight excluding hydrogens is 292 g/mol. The predicted molar refractivity (Wildman–Crippen MR) is 79.1 cm³/mol. The zero-order valence-electron chi connectivity index (χ0n) is 10.1. The number of fused-ring (bicyclic) bond motifs is 1. The fourth-order valence-electron chi connectivity index (χ4n) is 3.37. The lowest BCUT2D eigenvalue weighted by Gasteiger charge is -2.29. The van der Waals surface area contributed by atoms with Gasteiger partial charge in [0.25, 0.3) is 0 Å². The van der Waals surface area contributed by atoms with Gasteiger partial charge < -0.3 is 0 Å². The van der Waals surface area contributed by atoms with E-state index in [1.165, 1.54) is 48.8 Å². The van der Waals surface area contributed by atoms with Crippen molar-refractivity contribution in [1.82, 2.24) is 0 Å². The van der Waals surface area contributed by atoms with Crippen molar-refractivity contribution in [3.8, 4) is 0 Å². The van der Waals surface area contributed by atoms with Crippen LogP contribution in [0, 0.1) is 5.41 Å². The first-order valence-electron chi connectivity index (χ1n) is 6.62. The fraction of sp³-hybridized carbons (Fsp3) is 0.600. The topological polar surface area (TPSA) is 0 Å². The molecule has 0 aromatic heterocycles. The summed E-state index contributed by atoms with van der Waals surface area (Å²) in [5, 5.41) is 2.02. The van der Waals surface area contributed by atoms with Crippen LogP contribution in [0.4, 0.5) is 0 Å². The van der Waals surface area contributed by atoms with Crippen LogP contribution in [0.2, 0.25) is 0 Å². The van der Waals surface area contributed by atoms with E-state index < -0.39 is 0 Å². The molecule has 2 heteroatoms. The molecule has 3 rings (SSSR count). The summed E-state index contributed by atoms with van der Waals surface area (Å²) in [7, 11) is 0. The van der Waals surface area contributed by atoms with Crippen molar-refractivity contribution in [2.45, 2.75) is 48.7 Å². The zero-order chi connectivity index (χ0) is 11.7. The van der Waals surface area contributed by atoms with E-state index in [4.69, 9.17) is 0 Å². The molecule has 1 aliphatic carbocycles. The molecule has 1 aromatic carbocycles. The second-order valence-corrected chi connectivity index (χ2v) is 7.50. The summed E-state index contributed by atoms with van der Waals surface area (Å²) in [6, 6.07) is 8.94. The SMILES string of the molecule is BrCC1(CC2Cc3ccccc3S2)CCCC1. The molecule has 0 N–H and O–H groups in total. The van der Waals surface area contributed by atoms with E-state index in [0.717, 1.165) is 5.25 Å². The van der Waals surface area contributed by atoms with Gasteiger partial charge in [0.05, 0.1) is 0 Å². The van der Waals surface area contributed by atoms with Gasteiger partial charge in [-0.3, -0.25) is 0 Å². The van der Waals surface area contributed by atoms with Crippen LogP contribution in [0.1, 0.15) is 37.7 Å². The van der Waals surface area contributed by atoms with Crippen LogP contribution in [0.5, 0.6) is 0 Å². The van der Waals surface area contributed by atoms with Gasteiger partial charge in [0.2, 0.25) is 0 Å². The third kappa shape index (κ3) is 2.44. The number of benzene rings is 1. The van der Waals surface area contributed by atoms with Crippen LogP contribution in [0.3, 0.4) is 0 Å². The molecule has 2 aliphatic rings. The fourth-order valence-corrected chi connectivity index (χ4v) is 5.68. The Labute approximate surface area is 117 Å². The van der Waals surface area contributed by atoms with Crippen LogP contribution >= 0.6 is 27.7 Å². The van der Waals surface area contributed by atoms with Crippen molar-refractivity contribution in [2.24, 2.45) is 5.41 Å². The minimum absolute atomic E-state index is 0.611. The van der Waals surface area contributed by atoms with Crippen LogP contribution in [-0.2, 0) is 6.42 Å². The molecule has 0 bridgehead atoms. The predicted octanol–water partition coefficient (Wildman–Crippen LogP) is 5.05. The summed E-state index contributed by atoms with van der Waals surface area (Å²) in [4.78, 5) is 1.53. The molecule has 1 atom stereocenters. The van der Waals surface area contributed by atoms with Crippen LogP contribution in [0.25, 0.3) is 0 Å². The van der Waals surface area contributed by atoms with Crippen molar-refractivity contribution in [3.63, 3.8) is 0 Å². The summed E-state index contributed by atoms with van der Waals surface area (Å²) in [5.41, 5.74) is 2.19. The van der Waals surface area contributed by atoms with E-state index in [-0.39, 0.29) is 0 Å². The maximum atomic E-state index is 3.77. The molecule has 0 amide bonds. The van der Waals surface area contributed by atoms with E-state index in [0.29, 0.717) is 5.41 Å². The first-order chi connectivity index (χ1) is 8.31. The highest BCUT2D eigenvalue weighted by Crippen LogP contribution is 2.49. The molecule has 0 spiro atoms. The molecule has 1 aromatic rings. The molecule has 1 fully saturated rings. The Morgan fingerprint density at radius 2 is 2.00 bits per heavy atom. The monoisotopic (exact) mass is 310 g/mol. The Morgan fingerprint density at radius 3 is 2.71 bits per heavy atom. The van der Waals surface area contributed by atoms with Gasteiger partial charge in [0, 0.05) is 15.5 Å². The van der Waals surface area contributed by atoms with Gasteiger partial charge in [0.15, 0.2) is 0 Å². The van der Waals surface area contributed by atoms with Gasteiger partial charge in [-0.05, 0) is 42.7 Å². The molecule has 1 aliphatic heterocycles. The highest BCUT2D eigenvalue weighted by Gasteiger charge is 2.37. The van der Waals surface area contributed by atoms with Gasteiger partial charge >= 0.3 is 0 Å². The third-order valence-corrected chi connectivity index (χ3v) is 6.83. The summed E-state index contributed by atoms with van der Waals surface area (Å²) in [6.07, 6.45) is 8.44. The maximum Gasteiger partial charge on any atom is 0.0141 e. The van der Waals surface area contributed by atoms with Crippen molar-refractivity contribution < 1.29 is 0 Å². The first kappa shape index (κ1) is 12.1. The van der Waals surface area contributed by atoms with E-state index >= 15 is 0 Å². The van der Waals surface area contributed by atoms with Crippen LogP contribution in [-0.4, -0.2) is 10.6 Å². The Bertz CT molecular complexity index is 371. The minimum Gasteiger partial charge on any atom is -0.122 e. The number of hydrogen-bond donors (Lipinski definition) is 0. The maximum absolute atomic E-state index is 3.77. The quantitative estimate of drug-likeness (QED) is 0.704. The standard InChI is InChI=1S/C15H19BrS/c16-11-15(7-3-4-8-15)10-13-9-12-5-1-2-6-14(12)17-13/h1-2,5-6,13H,3-4,7-11H2. The number of alkyl halides is 1. The normalized spacial score (nSPS) is 26.1. The number of rotatable bonds is 3. The van der Waals surface area contributed by atoms with Crippen molar-refractivity contribution in [2.75, 3.05) is 5.33 Å². The van der Waals surface area contributed by atoms with Crippen molar-refractivity contribution in [3.05, 3.63) is 29.8 Å². The number of hydrogen-bond acceptors (Lipinski definition) is 1. The second kappa shape index (κ2) is 4.97. The molecule has 1 saturated carbocycles. The van der Waals surface area contributed by atoms with E-state index in [2.05, 4.69) is 52.0 Å². The van der Waals surface area contributed by atoms with E-state index in [9.17, 15) is 0 Å². The van der Waals surface area contributed by atoms with Gasteiger partial charge in [-0.15, -0.1) is 11.8 Å². The minimum atomic E-state index is 0.611. The van der Waals surface area contributed by atoms with E-state index in [1.54, 1.807) is 5.56 Å². The average molecular weight is 311 g/mol. The Morgan fingerprint density at radius 1 is 1.24 bits per heavy atom. The average Bonchev–Trinajstić information content (AvgIpc) is 2.95. The zero-order valence-corrected chi connectivity index (χ0v) is 12.5. The Hall–Kier alpha value is 0.0500. The molecule has 17 heavy (non-hydrogen) atoms. The van der Waals surface area contributed by atoms with Crippen LogP contribution in [0.15, 0.2) is 29.2 Å². The van der Waals surface area contributed by atoms with Gasteiger partial charge in [-0.25, -0.2) is 0 Å². The first-order valence-corrected chi connectivity index (χ1v) is 8.62. The lowest BCUT2D eigenvalue weighted by atomic mass is 9.82. The van der Waals surface area contributed by atoms with Gasteiger partial charge in [0.1, 0.15) is 0 Å². The van der Waals surface area contributed by atoms with E-state index in [1.807, 2.05) is 0 Å². The lowest BCUT2D eigenvalue weighted by molar-refractivity contribution is 0.316. The lowest BCUT2D eigenvalue weighted by Crippen LogP contribution is -2.23. The molecule has 0 saturated heterocycles.